The molecule has 1 aliphatic heterocycles. The maximum absolute atomic E-state index is 13.4. The van der Waals surface area contributed by atoms with Gasteiger partial charge < -0.3 is 9.88 Å². The van der Waals surface area contributed by atoms with Gasteiger partial charge in [-0.05, 0) is 24.3 Å². The van der Waals surface area contributed by atoms with E-state index in [4.69, 9.17) is 0 Å². The van der Waals surface area contributed by atoms with Crippen LogP contribution in [0.2, 0.25) is 0 Å². The molecule has 0 saturated heterocycles. The number of hydrogen-bond acceptors (Lipinski definition) is 5. The highest BCUT2D eigenvalue weighted by molar-refractivity contribution is 5.53. The fraction of sp³-hybridized carbons (Fsp3) is 0.222. The van der Waals surface area contributed by atoms with Crippen molar-refractivity contribution in [2.24, 2.45) is 0 Å². The highest BCUT2D eigenvalue weighted by Gasteiger charge is 2.37. The van der Waals surface area contributed by atoms with Gasteiger partial charge in [0.15, 0.2) is 0 Å². The second-order valence-corrected chi connectivity index (χ2v) is 6.48. The molecule has 0 saturated carbocycles. The molecule has 4 aromatic rings. The summed E-state index contributed by atoms with van der Waals surface area (Å²) in [6.45, 7) is 0.587. The molecule has 7 nitrogen and oxygen atoms in total. The fourth-order valence-electron chi connectivity index (χ4n) is 3.61. The van der Waals surface area contributed by atoms with Gasteiger partial charge in [-0.1, -0.05) is 6.07 Å². The molecule has 0 unspecified atom stereocenters. The van der Waals surface area contributed by atoms with E-state index in [1.807, 2.05) is 4.90 Å². The van der Waals surface area contributed by atoms with Crippen molar-refractivity contribution < 1.29 is 13.2 Å². The lowest BCUT2D eigenvalue weighted by Crippen LogP contribution is -2.37. The molecule has 1 N–H and O–H groups in total. The molecule has 5 rings (SSSR count). The molecule has 0 bridgehead atoms. The summed E-state index contributed by atoms with van der Waals surface area (Å²) in [4.78, 5) is 18.0. The maximum atomic E-state index is 13.4. The lowest BCUT2D eigenvalue weighted by Gasteiger charge is -2.33. The van der Waals surface area contributed by atoms with Gasteiger partial charge in [0, 0.05) is 31.1 Å². The number of aromatic nitrogens is 6. The average molecular weight is 385 g/mol. The Morgan fingerprint density at radius 2 is 1.89 bits per heavy atom. The number of imidazole rings is 1. The summed E-state index contributed by atoms with van der Waals surface area (Å²) in [6.07, 6.45) is 1.04. The molecule has 0 aromatic carbocycles. The number of rotatable bonds is 2. The molecule has 142 valence electrons. The molecule has 0 radical (unpaired) electrons. The number of fused-ring (bicyclic) bond motifs is 2. The molecule has 4 aromatic heterocycles. The van der Waals surface area contributed by atoms with E-state index in [0.29, 0.717) is 30.1 Å². The summed E-state index contributed by atoms with van der Waals surface area (Å²) in [6, 6.07) is 6.87. The van der Waals surface area contributed by atoms with E-state index in [9.17, 15) is 13.2 Å². The largest absolute Gasteiger partial charge is 0.433 e. The van der Waals surface area contributed by atoms with Gasteiger partial charge in [0.1, 0.15) is 11.7 Å². The Hall–Kier alpha value is -3.43. The molecule has 0 amide bonds. The van der Waals surface area contributed by atoms with Gasteiger partial charge in [0.2, 0.25) is 5.95 Å². The van der Waals surface area contributed by atoms with Gasteiger partial charge in [-0.15, -0.1) is 0 Å². The summed E-state index contributed by atoms with van der Waals surface area (Å²) in [5.41, 5.74) is 1.65. The van der Waals surface area contributed by atoms with E-state index in [2.05, 4.69) is 25.0 Å². The molecular formula is C18H14F3N7. The van der Waals surface area contributed by atoms with Crippen LogP contribution in [0.15, 0.2) is 49.1 Å². The Bertz CT molecular complexity index is 1130. The lowest BCUT2D eigenvalue weighted by molar-refractivity contribution is -0.142. The second-order valence-electron chi connectivity index (χ2n) is 6.48. The van der Waals surface area contributed by atoms with Gasteiger partial charge in [0.25, 0.3) is 0 Å². The van der Waals surface area contributed by atoms with Crippen molar-refractivity contribution in [3.05, 3.63) is 71.8 Å². The van der Waals surface area contributed by atoms with E-state index >= 15 is 0 Å². The van der Waals surface area contributed by atoms with Crippen LogP contribution in [0.25, 0.3) is 5.52 Å². The van der Waals surface area contributed by atoms with Crippen LogP contribution in [0.4, 0.5) is 19.1 Å². The molecule has 1 atom stereocenters. The van der Waals surface area contributed by atoms with E-state index in [-0.39, 0.29) is 0 Å². The van der Waals surface area contributed by atoms with Crippen LogP contribution in [0.3, 0.4) is 0 Å². The predicted octanol–water partition coefficient (Wildman–Crippen LogP) is 3.02. The van der Waals surface area contributed by atoms with Crippen LogP contribution in [-0.4, -0.2) is 36.1 Å². The van der Waals surface area contributed by atoms with E-state index in [1.54, 1.807) is 36.9 Å². The van der Waals surface area contributed by atoms with Crippen LogP contribution in [0.1, 0.15) is 28.8 Å². The van der Waals surface area contributed by atoms with Gasteiger partial charge in [-0.2, -0.15) is 18.3 Å². The highest BCUT2D eigenvalue weighted by Crippen LogP contribution is 2.36. The van der Waals surface area contributed by atoms with Crippen LogP contribution in [-0.2, 0) is 12.6 Å². The topological polar surface area (TPSA) is 75.0 Å². The Labute approximate surface area is 156 Å². The Balaban J connectivity index is 1.69. The molecule has 0 spiro atoms. The minimum absolute atomic E-state index is 0.362. The van der Waals surface area contributed by atoms with Crippen molar-refractivity contribution in [2.75, 3.05) is 11.4 Å². The normalized spacial score (nSPS) is 17.1. The summed E-state index contributed by atoms with van der Waals surface area (Å²) in [5, 5.41) is 4.30. The van der Waals surface area contributed by atoms with Crippen molar-refractivity contribution >= 4 is 11.5 Å². The third kappa shape index (κ3) is 2.60. The van der Waals surface area contributed by atoms with Crippen LogP contribution < -0.4 is 4.90 Å². The van der Waals surface area contributed by atoms with E-state index in [0.717, 1.165) is 22.0 Å². The number of nitrogens with one attached hydrogen (secondary N) is 1. The molecule has 0 fully saturated rings. The maximum Gasteiger partial charge on any atom is 0.433 e. The van der Waals surface area contributed by atoms with Crippen molar-refractivity contribution in [2.45, 2.75) is 18.6 Å². The second kappa shape index (κ2) is 6.04. The smallest absolute Gasteiger partial charge is 0.348 e. The van der Waals surface area contributed by atoms with Crippen molar-refractivity contribution in [1.29, 1.82) is 0 Å². The number of hydrogen-bond donors (Lipinski definition) is 1. The minimum Gasteiger partial charge on any atom is -0.348 e. The van der Waals surface area contributed by atoms with Gasteiger partial charge >= 0.3 is 6.18 Å². The Morgan fingerprint density at radius 1 is 1.07 bits per heavy atom. The fourth-order valence-corrected chi connectivity index (χ4v) is 3.61. The number of pyridine rings is 1. The zero-order valence-electron chi connectivity index (χ0n) is 14.4. The van der Waals surface area contributed by atoms with Gasteiger partial charge in [0.05, 0.1) is 23.2 Å². The molecule has 28 heavy (non-hydrogen) atoms. The first-order valence-corrected chi connectivity index (χ1v) is 8.64. The van der Waals surface area contributed by atoms with Crippen LogP contribution >= 0.6 is 0 Å². The molecular weight excluding hydrogens is 371 g/mol. The van der Waals surface area contributed by atoms with Gasteiger partial charge in [-0.25, -0.2) is 19.5 Å². The average Bonchev–Trinajstić information content (AvgIpc) is 3.33. The number of H-pyrrole nitrogens is 1. The van der Waals surface area contributed by atoms with Crippen molar-refractivity contribution in [3.8, 4) is 0 Å². The quantitative estimate of drug-likeness (QED) is 0.574. The Morgan fingerprint density at radius 3 is 2.68 bits per heavy atom. The van der Waals surface area contributed by atoms with Crippen LogP contribution in [0.5, 0.6) is 0 Å². The number of nitrogens with zero attached hydrogens (tertiary/aromatic N) is 6. The van der Waals surface area contributed by atoms with E-state index in [1.165, 1.54) is 6.07 Å². The monoisotopic (exact) mass is 385 g/mol. The summed E-state index contributed by atoms with van der Waals surface area (Å²) in [7, 11) is 0. The number of halogens is 3. The number of alkyl halides is 3. The summed E-state index contributed by atoms with van der Waals surface area (Å²) < 4.78 is 41.1. The Kier molecular flexibility index (Phi) is 3.61. The SMILES string of the molecule is FC(F)(F)c1cccc2cc([C@@H]3c4nc[nH]c4CCN3c3ncccn3)nn12. The first kappa shape index (κ1) is 16.7. The molecule has 1 aliphatic rings. The summed E-state index contributed by atoms with van der Waals surface area (Å²) >= 11 is 0. The zero-order valence-corrected chi connectivity index (χ0v) is 14.4. The van der Waals surface area contributed by atoms with Crippen molar-refractivity contribution in [1.82, 2.24) is 29.5 Å². The van der Waals surface area contributed by atoms with E-state index < -0.39 is 17.9 Å². The number of aromatic amines is 1. The van der Waals surface area contributed by atoms with Gasteiger partial charge in [-0.3, -0.25) is 0 Å². The van der Waals surface area contributed by atoms with Crippen LogP contribution in [0, 0.1) is 0 Å². The third-order valence-electron chi connectivity index (χ3n) is 4.81. The molecule has 10 heteroatoms. The minimum atomic E-state index is -4.50. The first-order valence-electron chi connectivity index (χ1n) is 8.64. The number of anilines is 1. The summed E-state index contributed by atoms with van der Waals surface area (Å²) in [5.74, 6) is 0.481. The molecule has 5 heterocycles. The predicted molar refractivity (Wildman–Crippen MR) is 93.7 cm³/mol. The highest BCUT2D eigenvalue weighted by atomic mass is 19.4. The lowest BCUT2D eigenvalue weighted by atomic mass is 10.0. The zero-order chi connectivity index (χ0) is 19.3. The van der Waals surface area contributed by atoms with Crippen molar-refractivity contribution in [3.63, 3.8) is 0 Å². The standard InChI is InChI=1S/C18H14F3N7/c19-18(20,21)14-4-1-3-11-9-13(26-28(11)14)16-15-12(24-10-25-15)5-8-27(16)17-22-6-2-7-23-17/h1-4,6-7,9-10,16H,5,8H2,(H,24,25)/t16-/m1/s1. The third-order valence-corrected chi connectivity index (χ3v) is 4.81. The molecule has 0 aliphatic carbocycles. The first-order chi connectivity index (χ1) is 13.5.